The molecule has 3 aliphatic heterocycles. The minimum absolute atomic E-state index is 0.00980. The maximum atomic E-state index is 16.7. The molecule has 0 amide bonds. The lowest BCUT2D eigenvalue weighted by Crippen LogP contribution is -2.39. The number of fused-ring (bicyclic) bond motifs is 5. The highest BCUT2D eigenvalue weighted by Crippen LogP contribution is 2.48. The van der Waals surface area contributed by atoms with Crippen LogP contribution in [-0.2, 0) is 0 Å². The standard InChI is InChI=1S/C33H33F2N5O2/c1-16-9-24-32(40(16)31-19-11-26(31)36-14-19)25-15-37-29(23-13-21(41)10-18-6-7-20(34)12-22(18)23)28(35)30(25)38-33(24)42-17(2)27-5-4-8-39(27)3/h6-7,9-10,12-13,15,17,19,26-27,31,36,41H,4-5,8,11,14H2,1-3H3/t17?,19-,26-,27+,31+/m1/s1. The van der Waals surface area contributed by atoms with E-state index in [1.165, 1.54) is 24.3 Å². The van der Waals surface area contributed by atoms with Gasteiger partial charge in [0.05, 0.1) is 16.9 Å². The van der Waals surface area contributed by atoms with Gasteiger partial charge in [-0.25, -0.2) is 13.8 Å². The number of likely N-dealkylation sites (N-methyl/N-ethyl adjacent to an activating group) is 1. The summed E-state index contributed by atoms with van der Waals surface area (Å²) in [7, 11) is 2.11. The van der Waals surface area contributed by atoms with Gasteiger partial charge in [-0.1, -0.05) is 6.07 Å². The average Bonchev–Trinajstić information content (AvgIpc) is 3.75. The number of pyridine rings is 2. The van der Waals surface area contributed by atoms with Gasteiger partial charge in [0.1, 0.15) is 28.9 Å². The number of phenols is 1. The van der Waals surface area contributed by atoms with E-state index in [1.807, 2.05) is 0 Å². The Morgan fingerprint density at radius 3 is 2.71 bits per heavy atom. The summed E-state index contributed by atoms with van der Waals surface area (Å²) in [5.74, 6) is -0.191. The second kappa shape index (κ2) is 9.34. The summed E-state index contributed by atoms with van der Waals surface area (Å²) in [6.45, 7) is 6.15. The van der Waals surface area contributed by atoms with E-state index in [9.17, 15) is 9.50 Å². The van der Waals surface area contributed by atoms with E-state index in [0.717, 1.165) is 48.9 Å². The van der Waals surface area contributed by atoms with Gasteiger partial charge in [0, 0.05) is 41.5 Å². The monoisotopic (exact) mass is 569 g/mol. The second-order valence-electron chi connectivity index (χ2n) is 12.4. The third-order valence-electron chi connectivity index (χ3n) is 9.89. The van der Waals surface area contributed by atoms with E-state index in [1.54, 1.807) is 12.3 Å². The van der Waals surface area contributed by atoms with Gasteiger partial charge in [-0.15, -0.1) is 0 Å². The van der Waals surface area contributed by atoms with Crippen molar-refractivity contribution in [1.29, 1.82) is 0 Å². The number of aromatic hydroxyl groups is 1. The van der Waals surface area contributed by atoms with Crippen LogP contribution in [0.1, 0.15) is 37.9 Å². The first-order valence-corrected chi connectivity index (χ1v) is 14.8. The van der Waals surface area contributed by atoms with Crippen molar-refractivity contribution in [2.24, 2.45) is 5.92 Å². The van der Waals surface area contributed by atoms with Crippen molar-refractivity contribution in [3.8, 4) is 22.9 Å². The number of nitrogens with one attached hydrogen (secondary N) is 1. The summed E-state index contributed by atoms with van der Waals surface area (Å²) in [4.78, 5) is 11.7. The molecule has 4 fully saturated rings. The van der Waals surface area contributed by atoms with Gasteiger partial charge in [0.2, 0.25) is 5.88 Å². The van der Waals surface area contributed by atoms with E-state index < -0.39 is 11.6 Å². The molecule has 7 nitrogen and oxygen atoms in total. The van der Waals surface area contributed by atoms with Crippen molar-refractivity contribution in [2.75, 3.05) is 20.1 Å². The average molecular weight is 570 g/mol. The summed E-state index contributed by atoms with van der Waals surface area (Å²) in [6.07, 6.45) is 4.82. The highest BCUT2D eigenvalue weighted by Gasteiger charge is 2.48. The van der Waals surface area contributed by atoms with Crippen molar-refractivity contribution in [2.45, 2.75) is 57.3 Å². The van der Waals surface area contributed by atoms with Crippen molar-refractivity contribution in [3.05, 3.63) is 59.9 Å². The molecular formula is C33H33F2N5O2. The Labute approximate surface area is 242 Å². The molecule has 2 aromatic carbocycles. The van der Waals surface area contributed by atoms with Crippen LogP contribution in [0.25, 0.3) is 43.8 Å². The van der Waals surface area contributed by atoms with Crippen LogP contribution in [0, 0.1) is 24.5 Å². The summed E-state index contributed by atoms with van der Waals surface area (Å²) in [5.41, 5.74) is 2.43. The van der Waals surface area contributed by atoms with Gasteiger partial charge in [0.15, 0.2) is 5.82 Å². The molecule has 5 aromatic rings. The van der Waals surface area contributed by atoms with E-state index >= 15 is 4.39 Å². The highest BCUT2D eigenvalue weighted by molar-refractivity contribution is 6.08. The minimum Gasteiger partial charge on any atom is -0.508 e. The third kappa shape index (κ3) is 3.76. The lowest BCUT2D eigenvalue weighted by atomic mass is 9.79. The van der Waals surface area contributed by atoms with Crippen molar-refractivity contribution in [1.82, 2.24) is 24.8 Å². The van der Waals surface area contributed by atoms with Gasteiger partial charge in [-0.05, 0) is 93.7 Å². The van der Waals surface area contributed by atoms with Gasteiger partial charge >= 0.3 is 0 Å². The lowest BCUT2D eigenvalue weighted by molar-refractivity contribution is 0.119. The highest BCUT2D eigenvalue weighted by atomic mass is 19.1. The number of aromatic nitrogens is 3. The molecule has 0 radical (unpaired) electrons. The molecule has 9 rings (SSSR count). The molecule has 9 heteroatoms. The fourth-order valence-electron chi connectivity index (χ4n) is 7.81. The molecule has 4 aliphatic rings. The molecule has 6 heterocycles. The number of rotatable bonds is 5. The smallest absolute Gasteiger partial charge is 0.223 e. The molecule has 216 valence electrons. The Morgan fingerprint density at radius 1 is 1.12 bits per heavy atom. The molecule has 0 spiro atoms. The molecule has 5 atom stereocenters. The number of ether oxygens (including phenoxy) is 1. The zero-order chi connectivity index (χ0) is 28.9. The van der Waals surface area contributed by atoms with Crippen LogP contribution in [0.2, 0.25) is 0 Å². The Balaban J connectivity index is 1.37. The zero-order valence-electron chi connectivity index (χ0n) is 23.9. The quantitative estimate of drug-likeness (QED) is 0.267. The van der Waals surface area contributed by atoms with Crippen LogP contribution >= 0.6 is 0 Å². The summed E-state index contributed by atoms with van der Waals surface area (Å²) in [6, 6.07) is 10.2. The molecule has 3 aromatic heterocycles. The minimum atomic E-state index is -0.624. The molecule has 2 bridgehead atoms. The van der Waals surface area contributed by atoms with Crippen LogP contribution in [0.3, 0.4) is 0 Å². The Morgan fingerprint density at radius 2 is 1.98 bits per heavy atom. The van der Waals surface area contributed by atoms with E-state index in [2.05, 4.69) is 46.7 Å². The number of hydrogen-bond donors (Lipinski definition) is 2. The normalized spacial score (nSPS) is 24.6. The number of likely N-dealkylation sites (tertiary alicyclic amines) is 1. The van der Waals surface area contributed by atoms with E-state index in [-0.39, 0.29) is 35.1 Å². The second-order valence-corrected chi connectivity index (χ2v) is 12.4. The molecule has 42 heavy (non-hydrogen) atoms. The first kappa shape index (κ1) is 25.9. The fourth-order valence-corrected chi connectivity index (χ4v) is 7.81. The summed E-state index contributed by atoms with van der Waals surface area (Å²) < 4.78 is 40.0. The number of halogens is 2. The lowest BCUT2D eigenvalue weighted by Gasteiger charge is -2.37. The van der Waals surface area contributed by atoms with Gasteiger partial charge in [-0.2, -0.15) is 0 Å². The Bertz CT molecular complexity index is 1890. The zero-order valence-corrected chi connectivity index (χ0v) is 23.9. The van der Waals surface area contributed by atoms with Crippen LogP contribution in [0.4, 0.5) is 8.78 Å². The Hall–Kier alpha value is -3.82. The molecule has 2 N–H and O–H groups in total. The summed E-state index contributed by atoms with van der Waals surface area (Å²) >= 11 is 0. The fraction of sp³-hybridized carbons (Fsp3) is 0.394. The van der Waals surface area contributed by atoms with E-state index in [0.29, 0.717) is 39.6 Å². The molecule has 1 aliphatic carbocycles. The predicted molar refractivity (Wildman–Crippen MR) is 159 cm³/mol. The van der Waals surface area contributed by atoms with Crippen LogP contribution < -0.4 is 10.1 Å². The first-order chi connectivity index (χ1) is 20.3. The van der Waals surface area contributed by atoms with Crippen molar-refractivity contribution < 1.29 is 18.6 Å². The van der Waals surface area contributed by atoms with Crippen LogP contribution in [-0.4, -0.2) is 62.9 Å². The largest absolute Gasteiger partial charge is 0.508 e. The summed E-state index contributed by atoms with van der Waals surface area (Å²) in [5, 5.41) is 16.6. The topological polar surface area (TPSA) is 75.4 Å². The van der Waals surface area contributed by atoms with Crippen LogP contribution in [0.15, 0.2) is 42.6 Å². The number of phenolic OH excluding ortho intramolecular Hbond substituents is 1. The number of benzene rings is 2. The maximum Gasteiger partial charge on any atom is 0.223 e. The predicted octanol–water partition coefficient (Wildman–Crippen LogP) is 6.09. The third-order valence-corrected chi connectivity index (χ3v) is 9.89. The number of nitrogens with zero attached hydrogens (tertiary/aromatic N) is 4. The van der Waals surface area contributed by atoms with Crippen molar-refractivity contribution in [3.63, 3.8) is 0 Å². The first-order valence-electron chi connectivity index (χ1n) is 14.8. The molecular weight excluding hydrogens is 536 g/mol. The van der Waals surface area contributed by atoms with E-state index in [4.69, 9.17) is 9.72 Å². The van der Waals surface area contributed by atoms with Gasteiger partial charge in [-0.3, -0.25) is 9.88 Å². The van der Waals surface area contributed by atoms with Gasteiger partial charge in [0.25, 0.3) is 0 Å². The van der Waals surface area contributed by atoms with Crippen LogP contribution in [0.5, 0.6) is 11.6 Å². The molecule has 1 unspecified atom stereocenters. The molecule has 3 saturated heterocycles. The Kier molecular flexibility index (Phi) is 5.75. The number of aryl methyl sites for hydroxylation is 1. The van der Waals surface area contributed by atoms with Gasteiger partial charge < -0.3 is 19.7 Å². The number of hydrogen-bond acceptors (Lipinski definition) is 6. The van der Waals surface area contributed by atoms with Crippen molar-refractivity contribution >= 4 is 32.6 Å². The maximum absolute atomic E-state index is 16.7. The molecule has 1 saturated carbocycles. The SMILES string of the molecule is Cc1cc2c(OC(C)[C@@H]3CCCN3C)nc3c(F)c(-c4cc(O)cc5ccc(F)cc45)ncc3c2n1[C@H]1[C@H]2CN[C@@H]1C2.